The molecule has 3 heteroatoms. The van der Waals surface area contributed by atoms with Gasteiger partial charge in [-0.1, -0.05) is 25.5 Å². The van der Waals surface area contributed by atoms with Crippen LogP contribution in [0.15, 0.2) is 22.6 Å². The van der Waals surface area contributed by atoms with E-state index in [1.165, 1.54) is 18.4 Å². The Morgan fingerprint density at radius 2 is 1.96 bits per heavy atom. The number of rotatable bonds is 1. The number of carbonyl (C=O) groups is 2. The summed E-state index contributed by atoms with van der Waals surface area (Å²) in [4.78, 5) is 25.3. The van der Waals surface area contributed by atoms with Crippen molar-refractivity contribution in [3.8, 4) is 0 Å². The van der Waals surface area contributed by atoms with Crippen LogP contribution in [-0.4, -0.2) is 17.8 Å². The van der Waals surface area contributed by atoms with Gasteiger partial charge in [0.05, 0.1) is 4.91 Å². The Kier molecular flexibility index (Phi) is 3.46. The van der Waals surface area contributed by atoms with E-state index in [1.54, 1.807) is 11.8 Å². The first-order valence-corrected chi connectivity index (χ1v) is 10.1. The van der Waals surface area contributed by atoms with Crippen LogP contribution in [-0.2, 0) is 9.59 Å². The molecule has 0 unspecified atom stereocenters. The summed E-state index contributed by atoms with van der Waals surface area (Å²) >= 11 is 1.58. The lowest BCUT2D eigenvalue weighted by Crippen LogP contribution is -2.48. The van der Waals surface area contributed by atoms with Gasteiger partial charge in [-0.15, -0.1) is 11.8 Å². The van der Waals surface area contributed by atoms with Gasteiger partial charge >= 0.3 is 0 Å². The predicted molar refractivity (Wildman–Crippen MR) is 94.1 cm³/mol. The summed E-state index contributed by atoms with van der Waals surface area (Å²) in [5.74, 6) is 2.48. The second kappa shape index (κ2) is 5.08. The van der Waals surface area contributed by atoms with Crippen LogP contribution >= 0.6 is 11.8 Å². The first-order valence-electron chi connectivity index (χ1n) is 8.91. The average Bonchev–Trinajstić information content (AvgIpc) is 2.81. The van der Waals surface area contributed by atoms with Crippen molar-refractivity contribution < 1.29 is 9.59 Å². The number of allylic oxidation sites excluding steroid dienone is 4. The molecule has 5 atom stereocenters. The second-order valence-corrected chi connectivity index (χ2v) is 9.41. The topological polar surface area (TPSA) is 34.1 Å². The molecule has 3 fully saturated rings. The van der Waals surface area contributed by atoms with Crippen molar-refractivity contribution in [2.24, 2.45) is 28.6 Å². The van der Waals surface area contributed by atoms with Gasteiger partial charge < -0.3 is 0 Å². The highest BCUT2D eigenvalue weighted by Gasteiger charge is 2.57. The molecule has 4 aliphatic carbocycles. The van der Waals surface area contributed by atoms with E-state index in [-0.39, 0.29) is 16.6 Å². The van der Waals surface area contributed by atoms with Gasteiger partial charge in [-0.25, -0.2) is 0 Å². The van der Waals surface area contributed by atoms with E-state index in [2.05, 4.69) is 19.9 Å². The fourth-order valence-electron chi connectivity index (χ4n) is 6.20. The zero-order chi connectivity index (χ0) is 16.4. The number of ketones is 2. The minimum atomic E-state index is 0.0299. The number of fused-ring (bicyclic) bond motifs is 5. The molecule has 0 spiro atoms. The van der Waals surface area contributed by atoms with Crippen molar-refractivity contribution in [2.45, 2.75) is 52.4 Å². The summed E-state index contributed by atoms with van der Waals surface area (Å²) in [6.07, 6.45) is 12.4. The number of hydrogen-bond donors (Lipinski definition) is 0. The van der Waals surface area contributed by atoms with E-state index in [1.807, 2.05) is 12.3 Å². The molecule has 0 aromatic heterocycles. The standard InChI is InChI=1S/C20H26O2S/c1-19-7-6-15-14(16(19)9-13(21)10-19)5-4-12-8-17(22)18(23-3)11-20(12,15)2/h8,11,14-16H,4-7,9-10H2,1-3H3/t14-,15+,16+,19-,20+/m1/s1. The molecule has 0 radical (unpaired) electrons. The highest BCUT2D eigenvalue weighted by atomic mass is 32.2. The quantitative estimate of drug-likeness (QED) is 0.707. The summed E-state index contributed by atoms with van der Waals surface area (Å²) in [5.41, 5.74) is 1.61. The van der Waals surface area contributed by atoms with Crippen LogP contribution in [0, 0.1) is 28.6 Å². The molecule has 2 nitrogen and oxygen atoms in total. The maximum Gasteiger partial charge on any atom is 0.191 e. The lowest BCUT2D eigenvalue weighted by atomic mass is 9.48. The van der Waals surface area contributed by atoms with Gasteiger partial charge in [0.2, 0.25) is 0 Å². The third-order valence-corrected chi connectivity index (χ3v) is 8.17. The van der Waals surface area contributed by atoms with Gasteiger partial charge in [0.15, 0.2) is 5.78 Å². The summed E-state index contributed by atoms with van der Waals surface area (Å²) in [6.45, 7) is 4.69. The average molecular weight is 330 g/mol. The summed E-state index contributed by atoms with van der Waals surface area (Å²) in [6, 6.07) is 0. The normalized spacial score (nSPS) is 45.8. The molecule has 0 aromatic rings. The Hall–Kier alpha value is -0.830. The Morgan fingerprint density at radius 3 is 2.70 bits per heavy atom. The summed E-state index contributed by atoms with van der Waals surface area (Å²) < 4.78 is 0. The van der Waals surface area contributed by atoms with E-state index in [0.717, 1.165) is 30.6 Å². The van der Waals surface area contributed by atoms with E-state index < -0.39 is 0 Å². The molecular formula is C20H26O2S. The Morgan fingerprint density at radius 1 is 1.17 bits per heavy atom. The van der Waals surface area contributed by atoms with Gasteiger partial charge in [0.1, 0.15) is 5.78 Å². The molecule has 0 bridgehead atoms. The molecule has 0 saturated heterocycles. The lowest BCUT2D eigenvalue weighted by Gasteiger charge is -2.56. The van der Waals surface area contributed by atoms with Crippen molar-refractivity contribution in [1.82, 2.24) is 0 Å². The van der Waals surface area contributed by atoms with Crippen molar-refractivity contribution in [2.75, 3.05) is 6.26 Å². The molecule has 124 valence electrons. The first-order chi connectivity index (χ1) is 10.9. The number of thioether (sulfide) groups is 1. The van der Waals surface area contributed by atoms with E-state index in [4.69, 9.17) is 0 Å². The SMILES string of the molecule is CSC1=C[C@@]2(C)C(=CC1=O)CC[C@H]1[C@@H]3CC(=O)C[C@@]3(C)CC[C@@H]12. The molecule has 3 saturated carbocycles. The third kappa shape index (κ3) is 2.15. The maximum atomic E-state index is 12.2. The van der Waals surface area contributed by atoms with Gasteiger partial charge in [0.25, 0.3) is 0 Å². The van der Waals surface area contributed by atoms with Gasteiger partial charge in [-0.2, -0.15) is 0 Å². The fraction of sp³-hybridized carbons (Fsp3) is 0.700. The molecule has 0 N–H and O–H groups in total. The highest BCUT2D eigenvalue weighted by Crippen LogP contribution is 2.64. The molecule has 23 heavy (non-hydrogen) atoms. The minimum Gasteiger partial charge on any atom is -0.300 e. The molecule has 4 aliphatic rings. The van der Waals surface area contributed by atoms with Crippen molar-refractivity contribution in [3.05, 3.63) is 22.6 Å². The van der Waals surface area contributed by atoms with Crippen molar-refractivity contribution >= 4 is 23.3 Å². The molecule has 0 aliphatic heterocycles. The predicted octanol–water partition coefficient (Wildman–Crippen LogP) is 4.55. The zero-order valence-corrected chi connectivity index (χ0v) is 15.2. The minimum absolute atomic E-state index is 0.0299. The van der Waals surface area contributed by atoms with E-state index in [0.29, 0.717) is 23.5 Å². The smallest absolute Gasteiger partial charge is 0.191 e. The summed E-state index contributed by atoms with van der Waals surface area (Å²) in [5, 5.41) is 0. The third-order valence-electron chi connectivity index (χ3n) is 7.41. The fourth-order valence-corrected chi connectivity index (χ4v) is 6.83. The van der Waals surface area contributed by atoms with Crippen LogP contribution in [0.4, 0.5) is 0 Å². The number of Topliss-reactive ketones (excluding diaryl/α,β-unsaturated/α-hetero) is 1. The van der Waals surface area contributed by atoms with Crippen LogP contribution in [0.1, 0.15) is 52.4 Å². The second-order valence-electron chi connectivity index (χ2n) is 8.56. The zero-order valence-electron chi connectivity index (χ0n) is 14.4. The van der Waals surface area contributed by atoms with Crippen molar-refractivity contribution in [3.63, 3.8) is 0 Å². The Bertz CT molecular complexity index is 646. The van der Waals surface area contributed by atoms with Crippen molar-refractivity contribution in [1.29, 1.82) is 0 Å². The molecule has 0 aromatic carbocycles. The van der Waals surface area contributed by atoms with Crippen LogP contribution in [0.5, 0.6) is 0 Å². The van der Waals surface area contributed by atoms with Crippen LogP contribution in [0.25, 0.3) is 0 Å². The molecular weight excluding hydrogens is 304 g/mol. The Labute approximate surface area is 143 Å². The number of carbonyl (C=O) groups excluding carboxylic acids is 2. The van der Waals surface area contributed by atoms with Crippen LogP contribution in [0.2, 0.25) is 0 Å². The monoisotopic (exact) mass is 330 g/mol. The van der Waals surface area contributed by atoms with Crippen LogP contribution < -0.4 is 0 Å². The van der Waals surface area contributed by atoms with Crippen LogP contribution in [0.3, 0.4) is 0 Å². The van der Waals surface area contributed by atoms with E-state index in [9.17, 15) is 9.59 Å². The lowest BCUT2D eigenvalue weighted by molar-refractivity contribution is -0.118. The largest absolute Gasteiger partial charge is 0.300 e. The highest BCUT2D eigenvalue weighted by molar-refractivity contribution is 8.03. The molecule has 0 amide bonds. The molecule has 0 heterocycles. The Balaban J connectivity index is 1.73. The van der Waals surface area contributed by atoms with Gasteiger partial charge in [-0.3, -0.25) is 9.59 Å². The summed E-state index contributed by atoms with van der Waals surface area (Å²) in [7, 11) is 0. The maximum absolute atomic E-state index is 12.2. The number of hydrogen-bond acceptors (Lipinski definition) is 3. The van der Waals surface area contributed by atoms with Gasteiger partial charge in [-0.05, 0) is 61.2 Å². The molecule has 4 rings (SSSR count). The van der Waals surface area contributed by atoms with Gasteiger partial charge in [0, 0.05) is 18.3 Å². The van der Waals surface area contributed by atoms with E-state index >= 15 is 0 Å². The first kappa shape index (κ1) is 15.7.